The number of nitriles is 1. The number of hydrogen-bond donors (Lipinski definition) is 1. The molecule has 0 atom stereocenters. The standard InChI is InChI=1S/C18H12N2O3/c1-2-13-4-3-5-16(10-13)20-17(21)12-23-18(22)15-8-6-14(11-19)7-9-15/h1,3-10H,12H2,(H,20,21). The maximum absolute atomic E-state index is 11.8. The first-order chi connectivity index (χ1) is 11.1. The average molecular weight is 304 g/mol. The van der Waals surface area contributed by atoms with Gasteiger partial charge < -0.3 is 10.1 Å². The number of amides is 1. The van der Waals surface area contributed by atoms with Crippen molar-refractivity contribution in [3.05, 3.63) is 65.2 Å². The molecular formula is C18H12N2O3. The minimum atomic E-state index is -0.637. The molecule has 5 heteroatoms. The van der Waals surface area contributed by atoms with Gasteiger partial charge in [-0.25, -0.2) is 4.79 Å². The van der Waals surface area contributed by atoms with Gasteiger partial charge in [0, 0.05) is 11.3 Å². The van der Waals surface area contributed by atoms with Crippen LogP contribution >= 0.6 is 0 Å². The topological polar surface area (TPSA) is 79.2 Å². The molecular weight excluding hydrogens is 292 g/mol. The number of hydrogen-bond acceptors (Lipinski definition) is 4. The Hall–Kier alpha value is -3.57. The van der Waals surface area contributed by atoms with E-state index in [1.165, 1.54) is 24.3 Å². The van der Waals surface area contributed by atoms with Crippen LogP contribution in [0.25, 0.3) is 0 Å². The third kappa shape index (κ3) is 4.45. The number of ether oxygens (including phenoxy) is 1. The fraction of sp³-hybridized carbons (Fsp3) is 0.0556. The van der Waals surface area contributed by atoms with Gasteiger partial charge in [0.25, 0.3) is 5.91 Å². The summed E-state index contributed by atoms with van der Waals surface area (Å²) >= 11 is 0. The minimum Gasteiger partial charge on any atom is -0.452 e. The Bertz CT molecular complexity index is 811. The predicted octanol–water partition coefficient (Wildman–Crippen LogP) is 2.34. The number of carbonyl (C=O) groups is 2. The molecule has 0 unspecified atom stereocenters. The number of terminal acetylenes is 1. The number of carbonyl (C=O) groups excluding carboxylic acids is 2. The zero-order valence-corrected chi connectivity index (χ0v) is 12.1. The first-order valence-corrected chi connectivity index (χ1v) is 6.66. The summed E-state index contributed by atoms with van der Waals surface area (Å²) in [6.07, 6.45) is 5.28. The third-order valence-corrected chi connectivity index (χ3v) is 2.90. The van der Waals surface area contributed by atoms with E-state index in [-0.39, 0.29) is 5.56 Å². The van der Waals surface area contributed by atoms with Gasteiger partial charge in [0.15, 0.2) is 6.61 Å². The number of rotatable bonds is 4. The SMILES string of the molecule is C#Cc1cccc(NC(=O)COC(=O)c2ccc(C#N)cc2)c1. The van der Waals surface area contributed by atoms with E-state index in [1.54, 1.807) is 24.3 Å². The molecule has 0 bridgehead atoms. The molecule has 0 aliphatic rings. The second kappa shape index (κ2) is 7.44. The first-order valence-electron chi connectivity index (χ1n) is 6.66. The maximum atomic E-state index is 11.8. The zero-order valence-electron chi connectivity index (χ0n) is 12.1. The van der Waals surface area contributed by atoms with Crippen LogP contribution in [0.5, 0.6) is 0 Å². The van der Waals surface area contributed by atoms with E-state index in [9.17, 15) is 9.59 Å². The quantitative estimate of drug-likeness (QED) is 0.694. The Morgan fingerprint density at radius 2 is 1.87 bits per heavy atom. The third-order valence-electron chi connectivity index (χ3n) is 2.90. The number of anilines is 1. The lowest BCUT2D eigenvalue weighted by Crippen LogP contribution is -2.20. The summed E-state index contributed by atoms with van der Waals surface area (Å²) in [7, 11) is 0. The molecule has 0 aliphatic heterocycles. The average Bonchev–Trinajstić information content (AvgIpc) is 2.60. The zero-order chi connectivity index (χ0) is 16.7. The van der Waals surface area contributed by atoms with Gasteiger partial charge in [-0.05, 0) is 42.5 Å². The van der Waals surface area contributed by atoms with Crippen LogP contribution in [0.4, 0.5) is 5.69 Å². The van der Waals surface area contributed by atoms with Gasteiger partial charge in [0.05, 0.1) is 17.2 Å². The summed E-state index contributed by atoms with van der Waals surface area (Å²) < 4.78 is 4.92. The lowest BCUT2D eigenvalue weighted by Gasteiger charge is -2.07. The van der Waals surface area contributed by atoms with Crippen molar-refractivity contribution in [3.63, 3.8) is 0 Å². The molecule has 2 rings (SSSR count). The van der Waals surface area contributed by atoms with Crippen LogP contribution in [0.2, 0.25) is 0 Å². The van der Waals surface area contributed by atoms with Crippen molar-refractivity contribution >= 4 is 17.6 Å². The normalized spacial score (nSPS) is 9.30. The highest BCUT2D eigenvalue weighted by Gasteiger charge is 2.10. The number of esters is 1. The molecule has 2 aromatic rings. The molecule has 0 saturated heterocycles. The van der Waals surface area contributed by atoms with Gasteiger partial charge in [-0.1, -0.05) is 12.0 Å². The maximum Gasteiger partial charge on any atom is 0.338 e. The summed E-state index contributed by atoms with van der Waals surface area (Å²) in [6, 6.07) is 14.7. The van der Waals surface area contributed by atoms with Crippen molar-refractivity contribution < 1.29 is 14.3 Å². The molecule has 0 fully saturated rings. The number of nitrogens with one attached hydrogen (secondary N) is 1. The van der Waals surface area contributed by atoms with Gasteiger partial charge in [0.2, 0.25) is 0 Å². The Balaban J connectivity index is 1.89. The highest BCUT2D eigenvalue weighted by atomic mass is 16.5. The molecule has 0 aliphatic carbocycles. The Kier molecular flexibility index (Phi) is 5.12. The van der Waals surface area contributed by atoms with Gasteiger partial charge in [-0.2, -0.15) is 5.26 Å². The number of nitrogens with zero attached hydrogens (tertiary/aromatic N) is 1. The van der Waals surface area contributed by atoms with Crippen molar-refractivity contribution in [3.8, 4) is 18.4 Å². The molecule has 1 N–H and O–H groups in total. The van der Waals surface area contributed by atoms with Gasteiger partial charge >= 0.3 is 5.97 Å². The molecule has 0 aromatic heterocycles. The van der Waals surface area contributed by atoms with Gasteiger partial charge in [0.1, 0.15) is 0 Å². The summed E-state index contributed by atoms with van der Waals surface area (Å²) in [5.74, 6) is 1.35. The molecule has 1 amide bonds. The van der Waals surface area contributed by atoms with Gasteiger partial charge in [-0.15, -0.1) is 6.42 Å². The largest absolute Gasteiger partial charge is 0.452 e. The van der Waals surface area contributed by atoms with Gasteiger partial charge in [-0.3, -0.25) is 4.79 Å². The lowest BCUT2D eigenvalue weighted by molar-refractivity contribution is -0.119. The molecule has 0 spiro atoms. The monoisotopic (exact) mass is 304 g/mol. The van der Waals surface area contributed by atoms with E-state index in [0.29, 0.717) is 16.8 Å². The first kappa shape index (κ1) is 15.8. The van der Waals surface area contributed by atoms with E-state index in [4.69, 9.17) is 16.4 Å². The Morgan fingerprint density at radius 1 is 1.13 bits per heavy atom. The fourth-order valence-electron chi connectivity index (χ4n) is 1.78. The van der Waals surface area contributed by atoms with Crippen molar-refractivity contribution in [2.24, 2.45) is 0 Å². The lowest BCUT2D eigenvalue weighted by atomic mass is 10.1. The van der Waals surface area contributed by atoms with E-state index in [2.05, 4.69) is 11.2 Å². The van der Waals surface area contributed by atoms with Crippen LogP contribution < -0.4 is 5.32 Å². The van der Waals surface area contributed by atoms with Crippen LogP contribution in [0.15, 0.2) is 48.5 Å². The fourth-order valence-corrected chi connectivity index (χ4v) is 1.78. The summed E-state index contributed by atoms with van der Waals surface area (Å²) in [4.78, 5) is 23.6. The van der Waals surface area contributed by atoms with Crippen molar-refractivity contribution in [1.29, 1.82) is 5.26 Å². The molecule has 0 radical (unpaired) electrons. The van der Waals surface area contributed by atoms with Crippen LogP contribution in [-0.4, -0.2) is 18.5 Å². The highest BCUT2D eigenvalue weighted by molar-refractivity contribution is 5.95. The van der Waals surface area contributed by atoms with Crippen molar-refractivity contribution in [2.75, 3.05) is 11.9 Å². The molecule has 5 nitrogen and oxygen atoms in total. The Morgan fingerprint density at radius 3 is 2.52 bits per heavy atom. The van der Waals surface area contributed by atoms with Crippen LogP contribution in [-0.2, 0) is 9.53 Å². The van der Waals surface area contributed by atoms with Crippen LogP contribution in [0, 0.1) is 23.7 Å². The van der Waals surface area contributed by atoms with Crippen molar-refractivity contribution in [2.45, 2.75) is 0 Å². The van der Waals surface area contributed by atoms with Crippen LogP contribution in [0.1, 0.15) is 21.5 Å². The second-order valence-corrected chi connectivity index (χ2v) is 4.54. The molecule has 0 saturated carbocycles. The van der Waals surface area contributed by atoms with E-state index >= 15 is 0 Å². The highest BCUT2D eigenvalue weighted by Crippen LogP contribution is 2.10. The summed E-state index contributed by atoms with van der Waals surface area (Å²) in [5, 5.41) is 11.3. The predicted molar refractivity (Wildman–Crippen MR) is 84.4 cm³/mol. The molecule has 23 heavy (non-hydrogen) atoms. The minimum absolute atomic E-state index is 0.270. The Labute approximate surface area is 133 Å². The molecule has 0 heterocycles. The summed E-state index contributed by atoms with van der Waals surface area (Å²) in [5.41, 5.74) is 1.87. The van der Waals surface area contributed by atoms with Crippen LogP contribution in [0.3, 0.4) is 0 Å². The molecule has 112 valence electrons. The van der Waals surface area contributed by atoms with E-state index in [0.717, 1.165) is 0 Å². The second-order valence-electron chi connectivity index (χ2n) is 4.54. The summed E-state index contributed by atoms with van der Waals surface area (Å²) in [6.45, 7) is -0.418. The number of benzene rings is 2. The molecule has 2 aromatic carbocycles. The van der Waals surface area contributed by atoms with Crippen molar-refractivity contribution in [1.82, 2.24) is 0 Å². The smallest absolute Gasteiger partial charge is 0.338 e. The van der Waals surface area contributed by atoms with E-state index < -0.39 is 18.5 Å². The van der Waals surface area contributed by atoms with E-state index in [1.807, 2.05) is 6.07 Å².